The van der Waals surface area contributed by atoms with Crippen molar-refractivity contribution in [1.29, 1.82) is 0 Å². The lowest BCUT2D eigenvalue weighted by Gasteiger charge is -2.31. The number of pyridine rings is 1. The minimum atomic E-state index is -4.98. The molecule has 2 heterocycles. The standard InChI is InChI=1S/C34H37F6N5O/c1-20(46)26-14-41-31(42-15-26)45(18-23-10-27(33(35,36)37)13-28(11-23)34(38,39)40)19-25-12-24-8-9-32(2,3)29(24)43-30(25)44(16-21-4-5-21)17-22-6-7-22/h10-15,21-22H,4-9,16-19H2,1-3H3. The summed E-state index contributed by atoms with van der Waals surface area (Å²) in [7, 11) is 0. The molecule has 2 saturated carbocycles. The summed E-state index contributed by atoms with van der Waals surface area (Å²) in [6, 6.07) is 3.71. The van der Waals surface area contributed by atoms with Gasteiger partial charge in [-0.2, -0.15) is 26.3 Å². The highest BCUT2D eigenvalue weighted by molar-refractivity contribution is 5.93. The fraction of sp³-hybridized carbons (Fsp3) is 0.529. The molecule has 2 fully saturated rings. The van der Waals surface area contributed by atoms with Gasteiger partial charge in [0.25, 0.3) is 0 Å². The molecular formula is C34H37F6N5O. The van der Waals surface area contributed by atoms with E-state index in [1.807, 2.05) is 0 Å². The Morgan fingerprint density at radius 3 is 1.91 bits per heavy atom. The Balaban J connectivity index is 1.44. The Hall–Kier alpha value is -3.70. The van der Waals surface area contributed by atoms with Crippen molar-refractivity contribution in [2.75, 3.05) is 22.9 Å². The largest absolute Gasteiger partial charge is 0.416 e. The third-order valence-electron chi connectivity index (χ3n) is 9.18. The first-order chi connectivity index (χ1) is 21.6. The van der Waals surface area contributed by atoms with E-state index in [1.165, 1.54) is 19.3 Å². The summed E-state index contributed by atoms with van der Waals surface area (Å²) < 4.78 is 82.6. The number of Topliss-reactive ketones (excluding diaryl/α,β-unsaturated/α-hetero) is 1. The maximum Gasteiger partial charge on any atom is 0.416 e. The fourth-order valence-corrected chi connectivity index (χ4v) is 6.20. The van der Waals surface area contributed by atoms with Crippen molar-refractivity contribution in [3.05, 3.63) is 75.7 Å². The van der Waals surface area contributed by atoms with Gasteiger partial charge < -0.3 is 9.80 Å². The maximum atomic E-state index is 13.8. The second kappa shape index (κ2) is 11.8. The van der Waals surface area contributed by atoms with Crippen LogP contribution < -0.4 is 9.80 Å². The van der Waals surface area contributed by atoms with Crippen LogP contribution in [0.2, 0.25) is 0 Å². The molecule has 6 rings (SSSR count). The number of fused-ring (bicyclic) bond motifs is 1. The second-order valence-electron chi connectivity index (χ2n) is 13.8. The predicted molar refractivity (Wildman–Crippen MR) is 162 cm³/mol. The predicted octanol–water partition coefficient (Wildman–Crippen LogP) is 8.17. The molecule has 0 bridgehead atoms. The Labute approximate surface area is 264 Å². The molecule has 0 aliphatic heterocycles. The molecule has 0 radical (unpaired) electrons. The maximum absolute atomic E-state index is 13.8. The molecule has 0 amide bonds. The van der Waals surface area contributed by atoms with Crippen LogP contribution in [0.1, 0.15) is 96.7 Å². The zero-order chi connectivity index (χ0) is 33.0. The number of ketones is 1. The van der Waals surface area contributed by atoms with E-state index in [1.54, 1.807) is 4.90 Å². The number of carbonyl (C=O) groups excluding carboxylic acids is 1. The fourth-order valence-electron chi connectivity index (χ4n) is 6.20. The Bertz CT molecular complexity index is 1560. The summed E-state index contributed by atoms with van der Waals surface area (Å²) >= 11 is 0. The first-order valence-electron chi connectivity index (χ1n) is 15.7. The average Bonchev–Trinajstić information content (AvgIpc) is 3.92. The lowest BCUT2D eigenvalue weighted by atomic mass is 9.90. The summed E-state index contributed by atoms with van der Waals surface area (Å²) in [5, 5.41) is 0. The first-order valence-corrected chi connectivity index (χ1v) is 15.7. The van der Waals surface area contributed by atoms with E-state index in [0.717, 1.165) is 86.4 Å². The molecule has 246 valence electrons. The van der Waals surface area contributed by atoms with Crippen molar-refractivity contribution in [2.24, 2.45) is 11.8 Å². The number of aromatic nitrogens is 3. The number of anilines is 2. The molecule has 12 heteroatoms. The van der Waals surface area contributed by atoms with Gasteiger partial charge in [-0.3, -0.25) is 4.79 Å². The number of halogens is 6. The van der Waals surface area contributed by atoms with Gasteiger partial charge in [-0.15, -0.1) is 0 Å². The molecule has 6 nitrogen and oxygen atoms in total. The van der Waals surface area contributed by atoms with Crippen molar-refractivity contribution < 1.29 is 31.1 Å². The normalized spacial score (nSPS) is 17.6. The lowest BCUT2D eigenvalue weighted by molar-refractivity contribution is -0.143. The van der Waals surface area contributed by atoms with Gasteiger partial charge in [-0.1, -0.05) is 13.8 Å². The number of hydrogen-bond donors (Lipinski definition) is 0. The molecule has 0 unspecified atom stereocenters. The highest BCUT2D eigenvalue weighted by Crippen LogP contribution is 2.42. The smallest absolute Gasteiger partial charge is 0.356 e. The number of alkyl halides is 6. The van der Waals surface area contributed by atoms with Crippen LogP contribution in [-0.2, 0) is 37.3 Å². The van der Waals surface area contributed by atoms with E-state index in [0.29, 0.717) is 11.8 Å². The highest BCUT2D eigenvalue weighted by atomic mass is 19.4. The van der Waals surface area contributed by atoms with E-state index < -0.39 is 23.5 Å². The van der Waals surface area contributed by atoms with Crippen LogP contribution in [0.5, 0.6) is 0 Å². The van der Waals surface area contributed by atoms with Crippen LogP contribution in [0.25, 0.3) is 0 Å². The lowest BCUT2D eigenvalue weighted by Crippen LogP contribution is -2.33. The third kappa shape index (κ3) is 7.31. The summed E-state index contributed by atoms with van der Waals surface area (Å²) in [4.78, 5) is 29.8. The summed E-state index contributed by atoms with van der Waals surface area (Å²) in [5.41, 5.74) is 0.108. The average molecular weight is 646 g/mol. The molecule has 3 aliphatic carbocycles. The number of nitrogens with zero attached hydrogens (tertiary/aromatic N) is 5. The highest BCUT2D eigenvalue weighted by Gasteiger charge is 2.38. The van der Waals surface area contributed by atoms with Gasteiger partial charge in [0.1, 0.15) is 5.82 Å². The van der Waals surface area contributed by atoms with Gasteiger partial charge >= 0.3 is 12.4 Å². The van der Waals surface area contributed by atoms with Gasteiger partial charge in [0.05, 0.1) is 22.4 Å². The summed E-state index contributed by atoms with van der Waals surface area (Å²) in [5.74, 6) is 1.75. The minimum absolute atomic E-state index is 0.0821. The van der Waals surface area contributed by atoms with Gasteiger partial charge in [0.15, 0.2) is 5.78 Å². The monoisotopic (exact) mass is 645 g/mol. The zero-order valence-electron chi connectivity index (χ0n) is 26.1. The molecule has 1 aromatic carbocycles. The number of rotatable bonds is 11. The molecule has 0 spiro atoms. The summed E-state index contributed by atoms with van der Waals surface area (Å²) in [6.07, 6.45) is -0.984. The van der Waals surface area contributed by atoms with Crippen LogP contribution in [0.3, 0.4) is 0 Å². The minimum Gasteiger partial charge on any atom is -0.356 e. The Morgan fingerprint density at radius 2 is 1.41 bits per heavy atom. The second-order valence-corrected chi connectivity index (χ2v) is 13.8. The van der Waals surface area contributed by atoms with E-state index in [-0.39, 0.29) is 47.4 Å². The van der Waals surface area contributed by atoms with Crippen LogP contribution in [0, 0.1) is 11.8 Å². The van der Waals surface area contributed by atoms with Crippen molar-refractivity contribution >= 4 is 17.5 Å². The molecule has 0 N–H and O–H groups in total. The topological polar surface area (TPSA) is 62.2 Å². The molecule has 2 aromatic heterocycles. The SMILES string of the molecule is CC(=O)c1cnc(N(Cc2cc(C(F)(F)F)cc(C(F)(F)F)c2)Cc2cc3c(nc2N(CC2CC2)CC2CC2)C(C)(C)CC3)nc1. The number of aryl methyl sites for hydroxylation is 1. The van der Waals surface area contributed by atoms with E-state index in [9.17, 15) is 31.1 Å². The summed E-state index contributed by atoms with van der Waals surface area (Å²) in [6.45, 7) is 7.16. The number of benzene rings is 1. The molecule has 3 aliphatic rings. The van der Waals surface area contributed by atoms with Gasteiger partial charge in [-0.05, 0) is 92.7 Å². The third-order valence-corrected chi connectivity index (χ3v) is 9.18. The van der Waals surface area contributed by atoms with Crippen molar-refractivity contribution in [3.8, 4) is 0 Å². The molecule has 3 aromatic rings. The van der Waals surface area contributed by atoms with Gasteiger partial charge in [0, 0.05) is 49.6 Å². The first kappa shape index (κ1) is 32.2. The number of carbonyl (C=O) groups is 1. The quantitative estimate of drug-likeness (QED) is 0.155. The Kier molecular flexibility index (Phi) is 8.29. The van der Waals surface area contributed by atoms with Gasteiger partial charge in [0.2, 0.25) is 5.95 Å². The van der Waals surface area contributed by atoms with E-state index >= 15 is 0 Å². The molecule has 0 saturated heterocycles. The molecule has 0 atom stereocenters. The van der Waals surface area contributed by atoms with Crippen molar-refractivity contribution in [3.63, 3.8) is 0 Å². The zero-order valence-corrected chi connectivity index (χ0v) is 26.1. The van der Waals surface area contributed by atoms with Crippen LogP contribution in [-0.4, -0.2) is 33.8 Å². The Morgan fingerprint density at radius 1 is 0.848 bits per heavy atom. The molecule has 46 heavy (non-hydrogen) atoms. The van der Waals surface area contributed by atoms with Crippen LogP contribution >= 0.6 is 0 Å². The van der Waals surface area contributed by atoms with Crippen LogP contribution in [0.4, 0.5) is 38.1 Å². The molecular weight excluding hydrogens is 608 g/mol. The van der Waals surface area contributed by atoms with E-state index in [2.05, 4.69) is 34.8 Å². The van der Waals surface area contributed by atoms with Crippen LogP contribution in [0.15, 0.2) is 36.7 Å². The van der Waals surface area contributed by atoms with Crippen molar-refractivity contribution in [2.45, 2.75) is 90.2 Å². The van der Waals surface area contributed by atoms with Gasteiger partial charge in [-0.25, -0.2) is 15.0 Å². The van der Waals surface area contributed by atoms with E-state index in [4.69, 9.17) is 4.98 Å². The van der Waals surface area contributed by atoms with Crippen molar-refractivity contribution in [1.82, 2.24) is 15.0 Å². The number of hydrogen-bond acceptors (Lipinski definition) is 6.